The molecule has 2 N–H and O–H groups in total. The summed E-state index contributed by atoms with van der Waals surface area (Å²) in [6, 6.07) is 9.06. The predicted molar refractivity (Wildman–Crippen MR) is 80.3 cm³/mol. The van der Waals surface area contributed by atoms with Crippen molar-refractivity contribution in [2.24, 2.45) is 5.73 Å². The van der Waals surface area contributed by atoms with Crippen LogP contribution in [0.1, 0.15) is 62.6 Å². The molecule has 0 bridgehead atoms. The van der Waals surface area contributed by atoms with Crippen LogP contribution < -0.4 is 5.73 Å². The van der Waals surface area contributed by atoms with Crippen LogP contribution in [0.2, 0.25) is 0 Å². The van der Waals surface area contributed by atoms with E-state index in [2.05, 4.69) is 38.1 Å². The fourth-order valence-corrected chi connectivity index (χ4v) is 3.34. The summed E-state index contributed by atoms with van der Waals surface area (Å²) >= 11 is 0. The van der Waals surface area contributed by atoms with E-state index in [4.69, 9.17) is 5.73 Å². The Morgan fingerprint density at radius 2 is 1.70 bits per heavy atom. The molecule has 3 rings (SSSR count). The average Bonchev–Trinajstić information content (AvgIpc) is 3.25. The third kappa shape index (κ3) is 2.47. The van der Waals surface area contributed by atoms with E-state index >= 15 is 0 Å². The van der Waals surface area contributed by atoms with Crippen LogP contribution in [-0.4, -0.2) is 22.9 Å². The van der Waals surface area contributed by atoms with E-state index in [1.165, 1.54) is 24.0 Å². The molecule has 1 saturated heterocycles. The molecule has 20 heavy (non-hydrogen) atoms. The lowest BCUT2D eigenvalue weighted by Gasteiger charge is -2.42. The molecule has 2 atom stereocenters. The quantitative estimate of drug-likeness (QED) is 0.919. The first-order valence-corrected chi connectivity index (χ1v) is 7.74. The van der Waals surface area contributed by atoms with Crippen LogP contribution in [0, 0.1) is 0 Å². The van der Waals surface area contributed by atoms with E-state index < -0.39 is 0 Å². The summed E-state index contributed by atoms with van der Waals surface area (Å²) in [7, 11) is 0. The standard InChI is InChI=1S/C17H24N2O/c1-11(2)19-16(20)10-9-15(18)17(19)14-7-5-13(6-8-14)12-3-4-12/h5-8,11-12,15,17H,3-4,9-10,18H2,1-2H3. The van der Waals surface area contributed by atoms with Crippen molar-refractivity contribution < 1.29 is 4.79 Å². The maximum absolute atomic E-state index is 12.2. The number of rotatable bonds is 3. The van der Waals surface area contributed by atoms with E-state index in [1.807, 2.05) is 4.90 Å². The predicted octanol–water partition coefficient (Wildman–Crippen LogP) is 2.96. The van der Waals surface area contributed by atoms with Crippen LogP contribution in [0.4, 0.5) is 0 Å². The average molecular weight is 272 g/mol. The highest BCUT2D eigenvalue weighted by molar-refractivity contribution is 5.78. The molecule has 108 valence electrons. The maximum Gasteiger partial charge on any atom is 0.223 e. The summed E-state index contributed by atoms with van der Waals surface area (Å²) < 4.78 is 0. The smallest absolute Gasteiger partial charge is 0.223 e. The lowest BCUT2D eigenvalue weighted by Crippen LogP contribution is -2.51. The Balaban J connectivity index is 1.89. The highest BCUT2D eigenvalue weighted by atomic mass is 16.2. The topological polar surface area (TPSA) is 46.3 Å². The Morgan fingerprint density at radius 1 is 1.10 bits per heavy atom. The van der Waals surface area contributed by atoms with Crippen molar-refractivity contribution in [1.82, 2.24) is 4.90 Å². The molecule has 1 aromatic rings. The first kappa shape index (κ1) is 13.6. The number of hydrogen-bond acceptors (Lipinski definition) is 2. The maximum atomic E-state index is 12.2. The zero-order chi connectivity index (χ0) is 14.3. The summed E-state index contributed by atoms with van der Waals surface area (Å²) in [4.78, 5) is 14.2. The van der Waals surface area contributed by atoms with Crippen molar-refractivity contribution in [3.05, 3.63) is 35.4 Å². The van der Waals surface area contributed by atoms with Gasteiger partial charge in [0.25, 0.3) is 0 Å². The van der Waals surface area contributed by atoms with Crippen LogP contribution >= 0.6 is 0 Å². The monoisotopic (exact) mass is 272 g/mol. The van der Waals surface area contributed by atoms with Crippen LogP contribution in [0.3, 0.4) is 0 Å². The molecular weight excluding hydrogens is 248 g/mol. The molecule has 1 amide bonds. The fourth-order valence-electron chi connectivity index (χ4n) is 3.34. The number of carbonyl (C=O) groups is 1. The zero-order valence-electron chi connectivity index (χ0n) is 12.4. The molecule has 1 aliphatic carbocycles. The van der Waals surface area contributed by atoms with Gasteiger partial charge in [-0.2, -0.15) is 0 Å². The van der Waals surface area contributed by atoms with E-state index in [0.717, 1.165) is 12.3 Å². The second-order valence-corrected chi connectivity index (χ2v) is 6.48. The van der Waals surface area contributed by atoms with Gasteiger partial charge in [0, 0.05) is 18.5 Å². The van der Waals surface area contributed by atoms with Crippen LogP contribution in [-0.2, 0) is 4.79 Å². The van der Waals surface area contributed by atoms with Crippen molar-refractivity contribution in [2.45, 2.75) is 63.6 Å². The van der Waals surface area contributed by atoms with Crippen LogP contribution in [0.5, 0.6) is 0 Å². The number of nitrogens with two attached hydrogens (primary N) is 1. The first-order chi connectivity index (χ1) is 9.58. The van der Waals surface area contributed by atoms with Gasteiger partial charge in [-0.15, -0.1) is 0 Å². The summed E-state index contributed by atoms with van der Waals surface area (Å²) in [6.07, 6.45) is 4.00. The highest BCUT2D eigenvalue weighted by Crippen LogP contribution is 2.41. The Morgan fingerprint density at radius 3 is 2.25 bits per heavy atom. The molecule has 2 fully saturated rings. The van der Waals surface area contributed by atoms with Gasteiger partial charge in [-0.1, -0.05) is 24.3 Å². The molecule has 1 saturated carbocycles. The molecule has 1 aliphatic heterocycles. The molecule has 2 unspecified atom stereocenters. The number of carbonyl (C=O) groups excluding carboxylic acids is 1. The van der Waals surface area contributed by atoms with Crippen molar-refractivity contribution >= 4 is 5.91 Å². The molecule has 0 spiro atoms. The van der Waals surface area contributed by atoms with Crippen molar-refractivity contribution in [2.75, 3.05) is 0 Å². The van der Waals surface area contributed by atoms with Gasteiger partial charge in [0.05, 0.1) is 6.04 Å². The second kappa shape index (κ2) is 5.21. The fraction of sp³-hybridized carbons (Fsp3) is 0.588. The van der Waals surface area contributed by atoms with E-state index in [0.29, 0.717) is 6.42 Å². The first-order valence-electron chi connectivity index (χ1n) is 7.74. The minimum absolute atomic E-state index is 0.0319. The van der Waals surface area contributed by atoms with Gasteiger partial charge in [0.15, 0.2) is 0 Å². The van der Waals surface area contributed by atoms with E-state index in [1.54, 1.807) is 0 Å². The Bertz CT molecular complexity index is 490. The van der Waals surface area contributed by atoms with Gasteiger partial charge in [0.2, 0.25) is 5.91 Å². The molecule has 0 radical (unpaired) electrons. The van der Waals surface area contributed by atoms with Gasteiger partial charge < -0.3 is 10.6 Å². The van der Waals surface area contributed by atoms with Crippen molar-refractivity contribution in [1.29, 1.82) is 0 Å². The van der Waals surface area contributed by atoms with E-state index in [9.17, 15) is 4.79 Å². The minimum atomic E-state index is 0.0319. The second-order valence-electron chi connectivity index (χ2n) is 6.48. The van der Waals surface area contributed by atoms with Gasteiger partial charge in [-0.25, -0.2) is 0 Å². The number of nitrogens with zero attached hydrogens (tertiary/aromatic N) is 1. The molecule has 1 heterocycles. The summed E-state index contributed by atoms with van der Waals surface area (Å²) in [5.74, 6) is 1.00. The Kier molecular flexibility index (Phi) is 3.55. The molecular formula is C17H24N2O. The van der Waals surface area contributed by atoms with Crippen molar-refractivity contribution in [3.63, 3.8) is 0 Å². The van der Waals surface area contributed by atoms with Gasteiger partial charge in [0.1, 0.15) is 0 Å². The summed E-state index contributed by atoms with van der Waals surface area (Å²) in [6.45, 7) is 4.14. The van der Waals surface area contributed by atoms with Crippen LogP contribution in [0.25, 0.3) is 0 Å². The lowest BCUT2D eigenvalue weighted by molar-refractivity contribution is -0.139. The summed E-state index contributed by atoms with van der Waals surface area (Å²) in [5, 5.41) is 0. The summed E-state index contributed by atoms with van der Waals surface area (Å²) in [5.41, 5.74) is 8.93. The van der Waals surface area contributed by atoms with Gasteiger partial charge >= 0.3 is 0 Å². The van der Waals surface area contributed by atoms with Gasteiger partial charge in [-0.05, 0) is 50.2 Å². The van der Waals surface area contributed by atoms with Crippen LogP contribution in [0.15, 0.2) is 24.3 Å². The normalized spacial score (nSPS) is 27.2. The molecule has 0 aromatic heterocycles. The number of amides is 1. The third-order valence-electron chi connectivity index (χ3n) is 4.57. The number of likely N-dealkylation sites (tertiary alicyclic amines) is 1. The lowest BCUT2D eigenvalue weighted by atomic mass is 9.89. The zero-order valence-corrected chi connectivity index (χ0v) is 12.4. The number of piperidine rings is 1. The van der Waals surface area contributed by atoms with Crippen molar-refractivity contribution in [3.8, 4) is 0 Å². The molecule has 1 aromatic carbocycles. The number of benzene rings is 1. The Labute approximate surface area is 121 Å². The highest BCUT2D eigenvalue weighted by Gasteiger charge is 2.36. The number of hydrogen-bond donors (Lipinski definition) is 1. The molecule has 3 heteroatoms. The largest absolute Gasteiger partial charge is 0.332 e. The third-order valence-corrected chi connectivity index (χ3v) is 4.57. The van der Waals surface area contributed by atoms with Gasteiger partial charge in [-0.3, -0.25) is 4.79 Å². The minimum Gasteiger partial charge on any atom is -0.332 e. The molecule has 3 nitrogen and oxygen atoms in total. The van der Waals surface area contributed by atoms with E-state index in [-0.39, 0.29) is 24.0 Å². The SMILES string of the molecule is CC(C)N1C(=O)CCC(N)C1c1ccc(C2CC2)cc1. The Hall–Kier alpha value is -1.35. The molecule has 2 aliphatic rings.